The maximum Gasteiger partial charge on any atom is 0.280 e. The molecule has 0 amide bonds. The number of nitrogens with zero attached hydrogens (tertiary/aromatic N) is 3. The summed E-state index contributed by atoms with van der Waals surface area (Å²) in [6, 6.07) is 19.2. The Labute approximate surface area is 204 Å². The molecule has 6 aromatic rings. The van der Waals surface area contributed by atoms with Gasteiger partial charge in [0.05, 0.1) is 19.0 Å². The summed E-state index contributed by atoms with van der Waals surface area (Å²) in [5.74, 6) is 0.317. The Morgan fingerprint density at radius 1 is 1.06 bits per heavy atom. The number of benzene rings is 4. The smallest absolute Gasteiger partial charge is 0.280 e. The maximum atomic E-state index is 12.7. The van der Waals surface area contributed by atoms with Crippen LogP contribution in [0.4, 0.5) is 5.95 Å². The van der Waals surface area contributed by atoms with Crippen LogP contribution in [0.1, 0.15) is 18.2 Å². The van der Waals surface area contributed by atoms with Crippen LogP contribution < -0.4 is 10.9 Å². The molecule has 3 heterocycles. The first-order valence-corrected chi connectivity index (χ1v) is 11.9. The normalized spacial score (nSPS) is 20.3. The van der Waals surface area contributed by atoms with Gasteiger partial charge in [0.1, 0.15) is 12.3 Å². The lowest BCUT2D eigenvalue weighted by atomic mass is 9.92. The van der Waals surface area contributed by atoms with Crippen LogP contribution in [-0.2, 0) is 11.3 Å². The third-order valence-corrected chi connectivity index (χ3v) is 7.19. The lowest BCUT2D eigenvalue weighted by Gasteiger charge is -2.15. The average Bonchev–Trinajstić information content (AvgIpc) is 3.49. The summed E-state index contributed by atoms with van der Waals surface area (Å²) in [7, 11) is 0. The Hall–Kier alpha value is -4.05. The third-order valence-electron chi connectivity index (χ3n) is 7.19. The van der Waals surface area contributed by atoms with Crippen molar-refractivity contribution in [3.63, 3.8) is 0 Å². The van der Waals surface area contributed by atoms with Crippen LogP contribution in [0.15, 0.2) is 65.7 Å². The number of rotatable bonds is 5. The summed E-state index contributed by atoms with van der Waals surface area (Å²) >= 11 is 0. The molecule has 36 heavy (non-hydrogen) atoms. The van der Waals surface area contributed by atoms with E-state index in [1.54, 1.807) is 4.57 Å². The summed E-state index contributed by atoms with van der Waals surface area (Å²) < 4.78 is 7.37. The van der Waals surface area contributed by atoms with Crippen molar-refractivity contribution < 1.29 is 14.9 Å². The van der Waals surface area contributed by atoms with Crippen molar-refractivity contribution >= 4 is 49.4 Å². The largest absolute Gasteiger partial charge is 0.394 e. The highest BCUT2D eigenvalue weighted by Gasteiger charge is 2.35. The van der Waals surface area contributed by atoms with Crippen LogP contribution in [0, 0.1) is 0 Å². The van der Waals surface area contributed by atoms with Gasteiger partial charge in [-0.3, -0.25) is 14.3 Å². The van der Waals surface area contributed by atoms with E-state index in [1.807, 2.05) is 0 Å². The standard InChI is InChI=1S/C27H23N5O4/c33-12-20-19(34)10-21(36-20)32-13-29-24-25(32)30-27(31-26(24)35)28-11-17-7-6-16-5-4-14-2-1-3-15-8-9-18(17)23(16)22(14)15/h1-9,13,19-21,33-34H,10-12H2,(H2,28,30,31,35)/t19-,20+,21+/m0/s1. The molecule has 0 saturated carbocycles. The van der Waals surface area contributed by atoms with Gasteiger partial charge < -0.3 is 20.3 Å². The second-order valence-electron chi connectivity index (χ2n) is 9.29. The molecule has 7 rings (SSSR count). The van der Waals surface area contributed by atoms with Crippen LogP contribution in [-0.4, -0.2) is 48.5 Å². The minimum Gasteiger partial charge on any atom is -0.394 e. The number of aliphatic hydroxyl groups is 2. The SMILES string of the molecule is O=c1[nH]c(NCc2ccc3ccc4cccc5ccc2c3c45)nc2c1ncn2[C@H]1C[C@H](O)[C@@H](CO)O1. The van der Waals surface area contributed by atoms with E-state index in [1.165, 1.54) is 33.3 Å². The van der Waals surface area contributed by atoms with Gasteiger partial charge in [-0.2, -0.15) is 4.98 Å². The summed E-state index contributed by atoms with van der Waals surface area (Å²) in [5, 5.41) is 30.0. The fourth-order valence-electron chi connectivity index (χ4n) is 5.40. The van der Waals surface area contributed by atoms with E-state index in [0.717, 1.165) is 10.9 Å². The molecule has 0 bridgehead atoms. The van der Waals surface area contributed by atoms with E-state index >= 15 is 0 Å². The number of hydrogen-bond donors (Lipinski definition) is 4. The Morgan fingerprint density at radius 3 is 2.58 bits per heavy atom. The molecule has 4 N–H and O–H groups in total. The first-order valence-electron chi connectivity index (χ1n) is 11.9. The van der Waals surface area contributed by atoms with Gasteiger partial charge in [0.25, 0.3) is 5.56 Å². The zero-order valence-electron chi connectivity index (χ0n) is 19.2. The number of aliphatic hydroxyl groups excluding tert-OH is 2. The van der Waals surface area contributed by atoms with E-state index in [-0.39, 0.29) is 24.1 Å². The van der Waals surface area contributed by atoms with Crippen LogP contribution in [0.25, 0.3) is 43.5 Å². The summed E-state index contributed by atoms with van der Waals surface area (Å²) in [4.78, 5) is 24.3. The molecule has 4 aromatic carbocycles. The third kappa shape index (κ3) is 3.17. The fraction of sp³-hybridized carbons (Fsp3) is 0.222. The molecular formula is C27H23N5O4. The van der Waals surface area contributed by atoms with Crippen molar-refractivity contribution in [1.82, 2.24) is 19.5 Å². The van der Waals surface area contributed by atoms with Crippen molar-refractivity contribution in [3.05, 3.63) is 76.8 Å². The van der Waals surface area contributed by atoms with Gasteiger partial charge in [-0.1, -0.05) is 54.6 Å². The molecule has 0 aliphatic carbocycles. The van der Waals surface area contributed by atoms with E-state index < -0.39 is 18.4 Å². The molecule has 1 fully saturated rings. The zero-order chi connectivity index (χ0) is 24.4. The highest BCUT2D eigenvalue weighted by molar-refractivity contribution is 6.23. The number of anilines is 1. The maximum absolute atomic E-state index is 12.7. The quantitative estimate of drug-likeness (QED) is 0.279. The van der Waals surface area contributed by atoms with E-state index in [9.17, 15) is 15.0 Å². The van der Waals surface area contributed by atoms with Gasteiger partial charge in [-0.25, -0.2) is 4.98 Å². The van der Waals surface area contributed by atoms with Crippen LogP contribution in [0.2, 0.25) is 0 Å². The summed E-state index contributed by atoms with van der Waals surface area (Å²) in [6.45, 7) is 0.173. The van der Waals surface area contributed by atoms with E-state index in [4.69, 9.17) is 4.74 Å². The first-order chi connectivity index (χ1) is 17.6. The number of aromatic amines is 1. The highest BCUT2D eigenvalue weighted by Crippen LogP contribution is 2.36. The molecule has 0 radical (unpaired) electrons. The number of imidazole rings is 1. The topological polar surface area (TPSA) is 125 Å². The minimum absolute atomic E-state index is 0.189. The van der Waals surface area contributed by atoms with Gasteiger partial charge in [0, 0.05) is 13.0 Å². The second kappa shape index (κ2) is 7.99. The minimum atomic E-state index is -0.799. The van der Waals surface area contributed by atoms with E-state index in [0.29, 0.717) is 18.1 Å². The van der Waals surface area contributed by atoms with Crippen LogP contribution in [0.3, 0.4) is 0 Å². The van der Waals surface area contributed by atoms with Crippen molar-refractivity contribution in [1.29, 1.82) is 0 Å². The van der Waals surface area contributed by atoms with Gasteiger partial charge in [-0.15, -0.1) is 0 Å². The van der Waals surface area contributed by atoms with Crippen molar-refractivity contribution in [2.45, 2.75) is 31.4 Å². The van der Waals surface area contributed by atoms with Crippen molar-refractivity contribution in [2.75, 3.05) is 11.9 Å². The second-order valence-corrected chi connectivity index (χ2v) is 9.29. The Morgan fingerprint density at radius 2 is 1.81 bits per heavy atom. The zero-order valence-corrected chi connectivity index (χ0v) is 19.2. The number of nitrogens with one attached hydrogen (secondary N) is 2. The fourth-order valence-corrected chi connectivity index (χ4v) is 5.40. The lowest BCUT2D eigenvalue weighted by molar-refractivity contribution is -0.0432. The number of fused-ring (bicyclic) bond motifs is 1. The Bertz CT molecular complexity index is 1790. The number of aromatic nitrogens is 4. The van der Waals surface area contributed by atoms with Gasteiger partial charge >= 0.3 is 0 Å². The Balaban J connectivity index is 1.25. The van der Waals surface area contributed by atoms with Crippen LogP contribution >= 0.6 is 0 Å². The molecule has 0 unspecified atom stereocenters. The number of ether oxygens (including phenoxy) is 1. The summed E-state index contributed by atoms with van der Waals surface area (Å²) in [6.07, 6.45) is -0.291. The molecule has 2 aromatic heterocycles. The van der Waals surface area contributed by atoms with Crippen molar-refractivity contribution in [3.8, 4) is 0 Å². The van der Waals surface area contributed by atoms with Crippen LogP contribution in [0.5, 0.6) is 0 Å². The lowest BCUT2D eigenvalue weighted by Crippen LogP contribution is -2.24. The first kappa shape index (κ1) is 21.3. The molecule has 9 nitrogen and oxygen atoms in total. The number of H-pyrrole nitrogens is 1. The molecule has 1 aliphatic heterocycles. The van der Waals surface area contributed by atoms with Crippen molar-refractivity contribution in [2.24, 2.45) is 0 Å². The van der Waals surface area contributed by atoms with Gasteiger partial charge in [0.15, 0.2) is 11.2 Å². The molecular weight excluding hydrogens is 458 g/mol. The van der Waals surface area contributed by atoms with Gasteiger partial charge in [0.2, 0.25) is 5.95 Å². The molecule has 9 heteroatoms. The molecule has 3 atom stereocenters. The predicted molar refractivity (Wildman–Crippen MR) is 137 cm³/mol. The van der Waals surface area contributed by atoms with E-state index in [2.05, 4.69) is 74.9 Å². The monoisotopic (exact) mass is 481 g/mol. The average molecular weight is 482 g/mol. The Kier molecular flexibility index (Phi) is 4.72. The molecule has 180 valence electrons. The molecule has 1 aliphatic rings. The van der Waals surface area contributed by atoms with Gasteiger partial charge in [-0.05, 0) is 37.9 Å². The molecule has 1 saturated heterocycles. The number of hydrogen-bond acceptors (Lipinski definition) is 7. The highest BCUT2D eigenvalue weighted by atomic mass is 16.5. The predicted octanol–water partition coefficient (Wildman–Crippen LogP) is 3.27. The summed E-state index contributed by atoms with van der Waals surface area (Å²) in [5.41, 5.74) is 1.26. The molecule has 0 spiro atoms.